The summed E-state index contributed by atoms with van der Waals surface area (Å²) in [5, 5.41) is 11.4. The van der Waals surface area contributed by atoms with Crippen molar-refractivity contribution in [2.75, 3.05) is 7.05 Å². The molecule has 0 fully saturated rings. The second-order valence-corrected chi connectivity index (χ2v) is 4.35. The Balaban J connectivity index is 2.69. The van der Waals surface area contributed by atoms with E-state index >= 15 is 0 Å². The zero-order valence-corrected chi connectivity index (χ0v) is 11.1. The van der Waals surface area contributed by atoms with Gasteiger partial charge >= 0.3 is 12.0 Å². The SMILES string of the molecule is CC(NC(=O)N(C)C(C)C(=O)O)c1cccc(F)c1. The molecule has 0 radical (unpaired) electrons. The van der Waals surface area contributed by atoms with Crippen LogP contribution in [0.5, 0.6) is 0 Å². The predicted octanol–water partition coefficient (Wildman–Crippen LogP) is 2.00. The Morgan fingerprint density at radius 1 is 1.37 bits per heavy atom. The van der Waals surface area contributed by atoms with Crippen molar-refractivity contribution >= 4 is 12.0 Å². The van der Waals surface area contributed by atoms with Gasteiger partial charge in [-0.3, -0.25) is 0 Å². The molecule has 6 heteroatoms. The minimum atomic E-state index is -1.09. The molecule has 0 saturated carbocycles. The second-order valence-electron chi connectivity index (χ2n) is 4.35. The Hall–Kier alpha value is -2.11. The summed E-state index contributed by atoms with van der Waals surface area (Å²) in [6, 6.07) is 4.02. The van der Waals surface area contributed by atoms with Crippen LogP contribution in [-0.2, 0) is 4.79 Å². The number of aliphatic carboxylic acids is 1. The summed E-state index contributed by atoms with van der Waals surface area (Å²) in [5.41, 5.74) is 0.615. The maximum Gasteiger partial charge on any atom is 0.326 e. The maximum absolute atomic E-state index is 13.1. The molecule has 2 N–H and O–H groups in total. The van der Waals surface area contributed by atoms with E-state index < -0.39 is 24.1 Å². The number of nitrogens with one attached hydrogen (secondary N) is 1. The number of carbonyl (C=O) groups is 2. The molecule has 0 aliphatic rings. The fraction of sp³-hybridized carbons (Fsp3) is 0.385. The van der Waals surface area contributed by atoms with Crippen LogP contribution >= 0.6 is 0 Å². The summed E-state index contributed by atoms with van der Waals surface area (Å²) >= 11 is 0. The van der Waals surface area contributed by atoms with Crippen molar-refractivity contribution in [2.45, 2.75) is 25.9 Å². The van der Waals surface area contributed by atoms with Crippen molar-refractivity contribution < 1.29 is 19.1 Å². The lowest BCUT2D eigenvalue weighted by Crippen LogP contribution is -2.46. The van der Waals surface area contributed by atoms with Gasteiger partial charge in [0.1, 0.15) is 11.9 Å². The number of carbonyl (C=O) groups excluding carboxylic acids is 1. The van der Waals surface area contributed by atoms with Crippen molar-refractivity contribution in [2.24, 2.45) is 0 Å². The van der Waals surface area contributed by atoms with Gasteiger partial charge < -0.3 is 15.3 Å². The highest BCUT2D eigenvalue weighted by molar-refractivity contribution is 5.82. The average molecular weight is 268 g/mol. The van der Waals surface area contributed by atoms with E-state index in [-0.39, 0.29) is 5.82 Å². The summed E-state index contributed by atoms with van der Waals surface area (Å²) in [6.07, 6.45) is 0. The third-order valence-electron chi connectivity index (χ3n) is 2.95. The zero-order valence-electron chi connectivity index (χ0n) is 11.1. The number of amides is 2. The molecule has 2 unspecified atom stereocenters. The van der Waals surface area contributed by atoms with Gasteiger partial charge in [-0.05, 0) is 31.5 Å². The number of carboxylic acids is 1. The summed E-state index contributed by atoms with van der Waals surface area (Å²) in [4.78, 5) is 23.7. The molecule has 1 rings (SSSR count). The largest absolute Gasteiger partial charge is 0.480 e. The fourth-order valence-electron chi connectivity index (χ4n) is 1.49. The molecule has 104 valence electrons. The van der Waals surface area contributed by atoms with E-state index in [0.717, 1.165) is 4.90 Å². The van der Waals surface area contributed by atoms with Gasteiger partial charge in [-0.2, -0.15) is 0 Å². The van der Waals surface area contributed by atoms with Crippen LogP contribution in [0.25, 0.3) is 0 Å². The van der Waals surface area contributed by atoms with E-state index in [1.54, 1.807) is 19.1 Å². The highest BCUT2D eigenvalue weighted by atomic mass is 19.1. The molecule has 1 aromatic carbocycles. The number of likely N-dealkylation sites (N-methyl/N-ethyl adjacent to an activating group) is 1. The molecule has 0 heterocycles. The van der Waals surface area contributed by atoms with Crippen LogP contribution in [0, 0.1) is 5.82 Å². The Kier molecular flexibility index (Phi) is 4.86. The van der Waals surface area contributed by atoms with Crippen LogP contribution in [0.1, 0.15) is 25.5 Å². The first-order valence-corrected chi connectivity index (χ1v) is 5.84. The molecule has 5 nitrogen and oxygen atoms in total. The summed E-state index contributed by atoms with van der Waals surface area (Å²) in [7, 11) is 1.40. The minimum absolute atomic E-state index is 0.383. The van der Waals surface area contributed by atoms with Crippen molar-refractivity contribution in [3.05, 3.63) is 35.6 Å². The van der Waals surface area contributed by atoms with E-state index in [1.165, 1.54) is 26.1 Å². The van der Waals surface area contributed by atoms with E-state index in [2.05, 4.69) is 5.32 Å². The lowest BCUT2D eigenvalue weighted by Gasteiger charge is -2.24. The first-order chi connectivity index (χ1) is 8.82. The van der Waals surface area contributed by atoms with Gasteiger partial charge in [-0.1, -0.05) is 12.1 Å². The quantitative estimate of drug-likeness (QED) is 0.877. The minimum Gasteiger partial charge on any atom is -0.480 e. The van der Waals surface area contributed by atoms with Gasteiger partial charge in [0, 0.05) is 7.05 Å². The first kappa shape index (κ1) is 14.9. The molecular weight excluding hydrogens is 251 g/mol. The van der Waals surface area contributed by atoms with Crippen molar-refractivity contribution in [1.29, 1.82) is 0 Å². The van der Waals surface area contributed by atoms with Crippen LogP contribution in [-0.4, -0.2) is 35.1 Å². The highest BCUT2D eigenvalue weighted by Gasteiger charge is 2.22. The second kappa shape index (κ2) is 6.17. The van der Waals surface area contributed by atoms with E-state index in [4.69, 9.17) is 5.11 Å². The molecule has 0 aliphatic carbocycles. The lowest BCUT2D eigenvalue weighted by molar-refractivity contribution is -0.141. The molecule has 0 saturated heterocycles. The number of carboxylic acid groups (broad SMARTS) is 1. The number of rotatable bonds is 4. The molecule has 1 aromatic rings. The van der Waals surface area contributed by atoms with Gasteiger partial charge in [-0.25, -0.2) is 14.0 Å². The van der Waals surface area contributed by atoms with Crippen molar-refractivity contribution in [1.82, 2.24) is 10.2 Å². The number of benzene rings is 1. The van der Waals surface area contributed by atoms with Crippen LogP contribution < -0.4 is 5.32 Å². The molecule has 0 aliphatic heterocycles. The monoisotopic (exact) mass is 268 g/mol. The van der Waals surface area contributed by atoms with Gasteiger partial charge in [0.25, 0.3) is 0 Å². The Morgan fingerprint density at radius 3 is 2.53 bits per heavy atom. The number of hydrogen-bond acceptors (Lipinski definition) is 2. The van der Waals surface area contributed by atoms with Crippen LogP contribution in [0.4, 0.5) is 9.18 Å². The molecule has 0 spiro atoms. The van der Waals surface area contributed by atoms with Crippen molar-refractivity contribution in [3.8, 4) is 0 Å². The molecule has 19 heavy (non-hydrogen) atoms. The zero-order chi connectivity index (χ0) is 14.6. The van der Waals surface area contributed by atoms with Crippen molar-refractivity contribution in [3.63, 3.8) is 0 Å². The normalized spacial score (nSPS) is 13.5. The van der Waals surface area contributed by atoms with E-state index in [0.29, 0.717) is 5.56 Å². The Labute approximate surface area is 111 Å². The Bertz CT molecular complexity index is 479. The molecule has 0 bridgehead atoms. The topological polar surface area (TPSA) is 69.6 Å². The number of nitrogens with zero attached hydrogens (tertiary/aromatic N) is 1. The summed E-state index contributed by atoms with van der Waals surface area (Å²) in [6.45, 7) is 3.11. The average Bonchev–Trinajstić information content (AvgIpc) is 2.36. The molecular formula is C13H17FN2O3. The third-order valence-corrected chi connectivity index (χ3v) is 2.95. The van der Waals surface area contributed by atoms with E-state index in [9.17, 15) is 14.0 Å². The molecule has 2 atom stereocenters. The Morgan fingerprint density at radius 2 is 2.00 bits per heavy atom. The predicted molar refractivity (Wildman–Crippen MR) is 68.2 cm³/mol. The molecule has 0 aromatic heterocycles. The number of hydrogen-bond donors (Lipinski definition) is 2. The van der Waals surface area contributed by atoms with Gasteiger partial charge in [0.05, 0.1) is 6.04 Å². The fourth-order valence-corrected chi connectivity index (χ4v) is 1.49. The summed E-state index contributed by atoms with van der Waals surface area (Å²) < 4.78 is 13.1. The lowest BCUT2D eigenvalue weighted by atomic mass is 10.1. The standard InChI is InChI=1S/C13H17FN2O3/c1-8(10-5-4-6-11(14)7-10)15-13(19)16(3)9(2)12(17)18/h4-9H,1-3H3,(H,15,19)(H,17,18). The van der Waals surface area contributed by atoms with Gasteiger partial charge in [-0.15, -0.1) is 0 Å². The maximum atomic E-state index is 13.1. The van der Waals surface area contributed by atoms with E-state index in [1.807, 2.05) is 0 Å². The number of halogens is 1. The van der Waals surface area contributed by atoms with Gasteiger partial charge in [0.15, 0.2) is 0 Å². The first-order valence-electron chi connectivity index (χ1n) is 5.84. The smallest absolute Gasteiger partial charge is 0.326 e. The van der Waals surface area contributed by atoms with Crippen LogP contribution in [0.2, 0.25) is 0 Å². The highest BCUT2D eigenvalue weighted by Crippen LogP contribution is 2.14. The molecule has 2 amide bonds. The van der Waals surface area contributed by atoms with Crippen LogP contribution in [0.3, 0.4) is 0 Å². The number of urea groups is 1. The van der Waals surface area contributed by atoms with Crippen LogP contribution in [0.15, 0.2) is 24.3 Å². The van der Waals surface area contributed by atoms with Gasteiger partial charge in [0.2, 0.25) is 0 Å². The summed E-state index contributed by atoms with van der Waals surface area (Å²) in [5.74, 6) is -1.47. The third kappa shape index (κ3) is 3.94.